The summed E-state index contributed by atoms with van der Waals surface area (Å²) in [6.45, 7) is 4.80. The summed E-state index contributed by atoms with van der Waals surface area (Å²) in [5, 5.41) is 14.1. The number of carbonyl (C=O) groups is 1. The van der Waals surface area contributed by atoms with E-state index in [2.05, 4.69) is 104 Å². The lowest BCUT2D eigenvalue weighted by Gasteiger charge is -2.26. The molecule has 0 saturated carbocycles. The van der Waals surface area contributed by atoms with Crippen LogP contribution in [-0.4, -0.2) is 73.4 Å². The standard InChI is InChI=1S/C67H123N2O6P/c1-6-8-10-12-14-16-18-20-22-24-26-27-28-29-30-31-32-33-34-35-36-37-38-39-40-41-43-45-47-49-51-53-55-57-59-61-67(71)68-65(64-75-76(72,73)74-63-62-69(3,4)5)66(70)60-58-56-54-52-50-48-46-44-42-25-23-21-19-17-15-13-11-9-7-2/h8,10,14,16,20,22,26-27,29-30,32-33,35-36,65-66,70H,6-7,9,11-13,15,17-19,21,23-25,28,31,34,37-64H2,1-5H3,(H-,68,71,72,73)/p+1/b10-8-,16-14-,22-20-,27-26-,30-29-,33-32-,36-35-. The first-order valence-corrected chi connectivity index (χ1v) is 33.4. The molecule has 0 bridgehead atoms. The number of nitrogens with one attached hydrogen (secondary N) is 1. The highest BCUT2D eigenvalue weighted by atomic mass is 31.2. The molecular formula is C67H124N2O6P+. The average Bonchev–Trinajstić information content (AvgIpc) is 3.38. The van der Waals surface area contributed by atoms with Crippen LogP contribution in [0.4, 0.5) is 0 Å². The number of rotatable bonds is 58. The fraction of sp³-hybridized carbons (Fsp3) is 0.776. The summed E-state index contributed by atoms with van der Waals surface area (Å²) in [6.07, 6.45) is 80.8. The molecule has 0 fully saturated rings. The van der Waals surface area contributed by atoms with Crippen LogP contribution in [0.3, 0.4) is 0 Å². The Bertz CT molecular complexity index is 1510. The number of likely N-dealkylation sites (N-methyl/N-ethyl adjacent to an activating group) is 1. The molecular weight excluding hydrogens is 960 g/mol. The second-order valence-corrected chi connectivity index (χ2v) is 24.2. The maximum Gasteiger partial charge on any atom is 0.472 e. The van der Waals surface area contributed by atoms with Crippen molar-refractivity contribution in [3.05, 3.63) is 85.1 Å². The quantitative estimate of drug-likeness (QED) is 0.0243. The van der Waals surface area contributed by atoms with E-state index >= 15 is 0 Å². The van der Waals surface area contributed by atoms with Crippen LogP contribution in [0, 0.1) is 0 Å². The van der Waals surface area contributed by atoms with E-state index in [-0.39, 0.29) is 19.1 Å². The minimum atomic E-state index is -4.33. The summed E-state index contributed by atoms with van der Waals surface area (Å²) < 4.78 is 23.8. The molecule has 0 heterocycles. The third kappa shape index (κ3) is 59.3. The number of unbranched alkanes of at least 4 members (excludes halogenated alkanes) is 31. The molecule has 0 aromatic rings. The minimum Gasteiger partial charge on any atom is -0.391 e. The topological polar surface area (TPSA) is 105 Å². The Kier molecular flexibility index (Phi) is 55.6. The van der Waals surface area contributed by atoms with Gasteiger partial charge in [-0.3, -0.25) is 13.8 Å². The predicted octanol–water partition coefficient (Wildman–Crippen LogP) is 20.0. The van der Waals surface area contributed by atoms with Crippen molar-refractivity contribution < 1.29 is 32.9 Å². The van der Waals surface area contributed by atoms with E-state index in [9.17, 15) is 19.4 Å². The summed E-state index contributed by atoms with van der Waals surface area (Å²) in [5.41, 5.74) is 0. The number of aliphatic hydroxyl groups is 1. The number of phosphoric acid groups is 1. The Labute approximate surface area is 471 Å². The molecule has 0 aliphatic heterocycles. The molecule has 0 aromatic heterocycles. The van der Waals surface area contributed by atoms with Crippen molar-refractivity contribution in [2.24, 2.45) is 0 Å². The lowest BCUT2D eigenvalue weighted by Crippen LogP contribution is -2.46. The zero-order valence-corrected chi connectivity index (χ0v) is 51.4. The molecule has 76 heavy (non-hydrogen) atoms. The molecule has 0 saturated heterocycles. The third-order valence-corrected chi connectivity index (χ3v) is 15.1. The van der Waals surface area contributed by atoms with Gasteiger partial charge in [0.05, 0.1) is 39.9 Å². The number of allylic oxidation sites excluding steroid dienone is 14. The summed E-state index contributed by atoms with van der Waals surface area (Å²) >= 11 is 0. The van der Waals surface area contributed by atoms with E-state index in [0.29, 0.717) is 23.9 Å². The molecule has 3 N–H and O–H groups in total. The Balaban J connectivity index is 4.07. The number of phosphoric ester groups is 1. The van der Waals surface area contributed by atoms with Gasteiger partial charge in [0.1, 0.15) is 13.2 Å². The van der Waals surface area contributed by atoms with Crippen LogP contribution >= 0.6 is 7.82 Å². The second kappa shape index (κ2) is 57.4. The van der Waals surface area contributed by atoms with E-state index in [4.69, 9.17) is 9.05 Å². The van der Waals surface area contributed by atoms with E-state index in [0.717, 1.165) is 83.5 Å². The zero-order valence-electron chi connectivity index (χ0n) is 50.5. The van der Waals surface area contributed by atoms with Crippen molar-refractivity contribution in [3.63, 3.8) is 0 Å². The number of carbonyl (C=O) groups excluding carboxylic acids is 1. The number of hydrogen-bond acceptors (Lipinski definition) is 5. The van der Waals surface area contributed by atoms with Gasteiger partial charge in [-0.2, -0.15) is 0 Å². The maximum absolute atomic E-state index is 13.0. The zero-order chi connectivity index (χ0) is 55.6. The van der Waals surface area contributed by atoms with Crippen molar-refractivity contribution in [1.29, 1.82) is 0 Å². The predicted molar refractivity (Wildman–Crippen MR) is 332 cm³/mol. The van der Waals surface area contributed by atoms with Crippen molar-refractivity contribution in [2.45, 2.75) is 296 Å². The molecule has 1 amide bonds. The van der Waals surface area contributed by atoms with Gasteiger partial charge in [0.2, 0.25) is 5.91 Å². The number of hydrogen-bond donors (Lipinski definition) is 3. The van der Waals surface area contributed by atoms with Gasteiger partial charge in [0.15, 0.2) is 0 Å². The van der Waals surface area contributed by atoms with Crippen LogP contribution in [-0.2, 0) is 18.4 Å². The molecule has 8 nitrogen and oxygen atoms in total. The summed E-state index contributed by atoms with van der Waals surface area (Å²) in [6, 6.07) is -0.766. The highest BCUT2D eigenvalue weighted by Crippen LogP contribution is 2.43. The molecule has 0 aliphatic carbocycles. The molecule has 0 rings (SSSR count). The Morgan fingerprint density at radius 1 is 0.461 bits per heavy atom. The first-order valence-electron chi connectivity index (χ1n) is 32.0. The summed E-state index contributed by atoms with van der Waals surface area (Å²) in [7, 11) is 1.62. The van der Waals surface area contributed by atoms with Crippen molar-refractivity contribution in [1.82, 2.24) is 5.32 Å². The van der Waals surface area contributed by atoms with Crippen LogP contribution in [0.25, 0.3) is 0 Å². The van der Waals surface area contributed by atoms with Gasteiger partial charge >= 0.3 is 7.82 Å². The molecule has 9 heteroatoms. The van der Waals surface area contributed by atoms with Crippen molar-refractivity contribution in [2.75, 3.05) is 40.9 Å². The number of nitrogens with zero attached hydrogens (tertiary/aromatic N) is 1. The van der Waals surface area contributed by atoms with Crippen LogP contribution < -0.4 is 5.32 Å². The Morgan fingerprint density at radius 2 is 0.789 bits per heavy atom. The Hall–Kier alpha value is -2.32. The lowest BCUT2D eigenvalue weighted by molar-refractivity contribution is -0.870. The van der Waals surface area contributed by atoms with Gasteiger partial charge in [-0.25, -0.2) is 4.57 Å². The monoisotopic (exact) mass is 1080 g/mol. The molecule has 3 unspecified atom stereocenters. The number of amides is 1. The van der Waals surface area contributed by atoms with E-state index in [1.165, 1.54) is 173 Å². The molecule has 0 radical (unpaired) electrons. The van der Waals surface area contributed by atoms with Crippen LogP contribution in [0.5, 0.6) is 0 Å². The Morgan fingerprint density at radius 3 is 1.16 bits per heavy atom. The van der Waals surface area contributed by atoms with Gasteiger partial charge in [-0.15, -0.1) is 0 Å². The fourth-order valence-electron chi connectivity index (χ4n) is 9.21. The highest BCUT2D eigenvalue weighted by molar-refractivity contribution is 7.47. The fourth-order valence-corrected chi connectivity index (χ4v) is 9.94. The molecule has 0 aliphatic rings. The van der Waals surface area contributed by atoms with Gasteiger partial charge < -0.3 is 19.8 Å². The van der Waals surface area contributed by atoms with Crippen molar-refractivity contribution >= 4 is 13.7 Å². The minimum absolute atomic E-state index is 0.0724. The first kappa shape index (κ1) is 73.7. The van der Waals surface area contributed by atoms with E-state index in [1.807, 2.05) is 21.1 Å². The van der Waals surface area contributed by atoms with Gasteiger partial charge in [-0.05, 0) is 70.6 Å². The first-order chi connectivity index (χ1) is 37.0. The number of aliphatic hydroxyl groups excluding tert-OH is 1. The molecule has 3 atom stereocenters. The van der Waals surface area contributed by atoms with Gasteiger partial charge in [-0.1, -0.05) is 292 Å². The summed E-state index contributed by atoms with van der Waals surface area (Å²) in [4.78, 5) is 23.4. The normalized spacial score (nSPS) is 14.4. The molecule has 442 valence electrons. The SMILES string of the molecule is CC/C=C\C/C=C\C/C=C\C/C=C\C/C=C\C/C=C\C/C=C\CCCCCCCCCCCCCCCC(=O)NC(COP(=O)(O)OCC[N+](C)(C)C)C(O)CCCCCCCCCCCCCCCCCCCCC. The van der Waals surface area contributed by atoms with Gasteiger partial charge in [0.25, 0.3) is 0 Å². The highest BCUT2D eigenvalue weighted by Gasteiger charge is 2.28. The van der Waals surface area contributed by atoms with Crippen molar-refractivity contribution in [3.8, 4) is 0 Å². The lowest BCUT2D eigenvalue weighted by atomic mass is 10.0. The maximum atomic E-state index is 13.0. The van der Waals surface area contributed by atoms with E-state index in [1.54, 1.807) is 0 Å². The number of quaternary nitrogens is 1. The molecule has 0 aromatic carbocycles. The van der Waals surface area contributed by atoms with Crippen LogP contribution in [0.2, 0.25) is 0 Å². The van der Waals surface area contributed by atoms with Crippen LogP contribution in [0.1, 0.15) is 284 Å². The largest absolute Gasteiger partial charge is 0.472 e. The second-order valence-electron chi connectivity index (χ2n) is 22.8. The summed E-state index contributed by atoms with van der Waals surface area (Å²) in [5.74, 6) is -0.146. The van der Waals surface area contributed by atoms with Crippen LogP contribution in [0.15, 0.2) is 85.1 Å². The van der Waals surface area contributed by atoms with E-state index < -0.39 is 20.0 Å². The average molecular weight is 1080 g/mol. The smallest absolute Gasteiger partial charge is 0.391 e. The molecule has 0 spiro atoms. The third-order valence-electron chi connectivity index (χ3n) is 14.2. The van der Waals surface area contributed by atoms with Gasteiger partial charge in [0, 0.05) is 6.42 Å².